The number of amides is 2. The van der Waals surface area contributed by atoms with Crippen molar-refractivity contribution in [3.8, 4) is 0 Å². The second-order valence-corrected chi connectivity index (χ2v) is 16.0. The van der Waals surface area contributed by atoms with Crippen LogP contribution < -0.4 is 0 Å². The molecule has 0 aromatic heterocycles. The fraction of sp³-hybridized carbons (Fsp3) is 0.528. The molecule has 10 heteroatoms. The van der Waals surface area contributed by atoms with Gasteiger partial charge in [-0.1, -0.05) is 61.3 Å². The molecule has 2 aromatic rings. The number of carbonyl (C=O) groups is 2. The maximum Gasteiger partial charge on any atom is 0.263 e. The van der Waals surface area contributed by atoms with Gasteiger partial charge in [-0.2, -0.15) is 0 Å². The molecule has 2 amide bonds. The van der Waals surface area contributed by atoms with Crippen LogP contribution in [0.5, 0.6) is 0 Å². The Morgan fingerprint density at radius 3 is 2.24 bits per heavy atom. The molecule has 7 rings (SSSR count). The fourth-order valence-electron chi connectivity index (χ4n) is 8.02. The lowest BCUT2D eigenvalue weighted by Crippen LogP contribution is -2.50. The van der Waals surface area contributed by atoms with Crippen LogP contribution in [0, 0.1) is 5.92 Å². The minimum absolute atomic E-state index is 0.0146. The molecule has 4 heterocycles. The first kappa shape index (κ1) is 32.0. The Labute approximate surface area is 287 Å². The monoisotopic (exact) mass is 679 g/mol. The van der Waals surface area contributed by atoms with Gasteiger partial charge in [0, 0.05) is 47.0 Å². The SMILES string of the molecule is CC(C)C1=C(C(=O)N2[C@H](C)CC[C@H]2C(=O)N2CC[C@@H](N(C)C3CC3)C2)SC2=N[C@@](C)(c3ccc(Cl)cc3)[C@@H](c3ccc(Cl)cc3)N21. The van der Waals surface area contributed by atoms with Gasteiger partial charge >= 0.3 is 0 Å². The van der Waals surface area contributed by atoms with Gasteiger partial charge in [-0.15, -0.1) is 0 Å². The maximum atomic E-state index is 14.7. The van der Waals surface area contributed by atoms with Crippen molar-refractivity contribution in [1.82, 2.24) is 19.6 Å². The molecule has 2 aromatic carbocycles. The summed E-state index contributed by atoms with van der Waals surface area (Å²) in [5, 5.41) is 2.16. The average Bonchev–Trinajstić information content (AvgIpc) is 3.32. The molecule has 1 aliphatic carbocycles. The number of hydrogen-bond donors (Lipinski definition) is 0. The van der Waals surface area contributed by atoms with Gasteiger partial charge in [0.05, 0.1) is 6.04 Å². The number of aliphatic imine (C=N–C) groups is 1. The summed E-state index contributed by atoms with van der Waals surface area (Å²) in [7, 11) is 2.20. The lowest BCUT2D eigenvalue weighted by Gasteiger charge is -2.37. The van der Waals surface area contributed by atoms with E-state index in [1.165, 1.54) is 24.6 Å². The highest BCUT2D eigenvalue weighted by Crippen LogP contribution is 2.56. The van der Waals surface area contributed by atoms with Crippen LogP contribution in [0.4, 0.5) is 0 Å². The van der Waals surface area contributed by atoms with E-state index in [-0.39, 0.29) is 29.8 Å². The summed E-state index contributed by atoms with van der Waals surface area (Å²) in [5.41, 5.74) is 2.44. The van der Waals surface area contributed by atoms with E-state index in [0.717, 1.165) is 47.9 Å². The van der Waals surface area contributed by atoms with Crippen molar-refractivity contribution in [2.45, 2.75) is 95.5 Å². The number of benzene rings is 2. The molecule has 0 bridgehead atoms. The van der Waals surface area contributed by atoms with Crippen LogP contribution in [0.15, 0.2) is 64.1 Å². The molecule has 46 heavy (non-hydrogen) atoms. The number of allylic oxidation sites excluding steroid dienone is 1. The predicted octanol–water partition coefficient (Wildman–Crippen LogP) is 7.31. The number of likely N-dealkylation sites (N-methyl/N-ethyl adjacent to an activating group) is 1. The zero-order chi connectivity index (χ0) is 32.5. The van der Waals surface area contributed by atoms with Crippen molar-refractivity contribution in [1.29, 1.82) is 0 Å². The Morgan fingerprint density at radius 1 is 0.957 bits per heavy atom. The van der Waals surface area contributed by atoms with Crippen molar-refractivity contribution in [2.24, 2.45) is 10.9 Å². The number of amidine groups is 1. The second-order valence-electron chi connectivity index (χ2n) is 14.1. The molecule has 0 unspecified atom stereocenters. The highest BCUT2D eigenvalue weighted by Gasteiger charge is 2.54. The van der Waals surface area contributed by atoms with E-state index in [1.54, 1.807) is 0 Å². The lowest BCUT2D eigenvalue weighted by molar-refractivity contribution is -0.142. The number of carbonyl (C=O) groups excluding carboxylic acids is 2. The van der Waals surface area contributed by atoms with E-state index in [0.29, 0.717) is 33.5 Å². The van der Waals surface area contributed by atoms with E-state index in [2.05, 4.69) is 56.7 Å². The Kier molecular flexibility index (Phi) is 8.48. The third-order valence-electron chi connectivity index (χ3n) is 10.7. The number of hydrogen-bond acceptors (Lipinski definition) is 6. The van der Waals surface area contributed by atoms with Gasteiger partial charge in [0.2, 0.25) is 5.91 Å². The Bertz CT molecular complexity index is 1590. The lowest BCUT2D eigenvalue weighted by atomic mass is 9.81. The average molecular weight is 681 g/mol. The Hall–Kier alpha value is -2.52. The van der Waals surface area contributed by atoms with Gasteiger partial charge in [-0.3, -0.25) is 14.5 Å². The number of thioether (sulfide) groups is 1. The summed E-state index contributed by atoms with van der Waals surface area (Å²) in [6.45, 7) is 10.0. The van der Waals surface area contributed by atoms with Crippen LogP contribution in [-0.4, -0.2) is 80.9 Å². The summed E-state index contributed by atoms with van der Waals surface area (Å²) in [5.74, 6) is 0.0974. The largest absolute Gasteiger partial charge is 0.339 e. The minimum atomic E-state index is -0.630. The minimum Gasteiger partial charge on any atom is -0.339 e. The van der Waals surface area contributed by atoms with E-state index in [9.17, 15) is 9.59 Å². The zero-order valence-corrected chi connectivity index (χ0v) is 29.6. The zero-order valence-electron chi connectivity index (χ0n) is 27.2. The molecule has 1 saturated carbocycles. The van der Waals surface area contributed by atoms with Crippen molar-refractivity contribution < 1.29 is 9.59 Å². The molecule has 0 spiro atoms. The van der Waals surface area contributed by atoms with Gasteiger partial charge < -0.3 is 14.7 Å². The van der Waals surface area contributed by atoms with E-state index in [1.807, 2.05) is 46.2 Å². The molecule has 244 valence electrons. The molecule has 7 nitrogen and oxygen atoms in total. The van der Waals surface area contributed by atoms with Crippen molar-refractivity contribution in [2.75, 3.05) is 20.1 Å². The van der Waals surface area contributed by atoms with Gasteiger partial charge in [-0.05, 0) is 106 Å². The molecule has 3 fully saturated rings. The van der Waals surface area contributed by atoms with E-state index >= 15 is 0 Å². The standard InChI is InChI=1S/C36H43Cl2N5O2S/c1-21(2)30-31(34(45)42-22(3)6-17-29(42)33(44)41-19-18-28(20-41)40(5)27-15-16-27)46-35-39-36(4,24-9-13-26(38)14-10-24)32(43(30)35)23-7-11-25(37)12-8-23/h7-14,21-22,27-29,32H,6,15-20H2,1-5H3/t22-,28-,29+,32-,36+/m1/s1. The number of fused-ring (bicyclic) bond motifs is 1. The third-order valence-corrected chi connectivity index (χ3v) is 12.3. The van der Waals surface area contributed by atoms with Crippen LogP contribution in [0.3, 0.4) is 0 Å². The second kappa shape index (κ2) is 12.2. The van der Waals surface area contributed by atoms with Crippen LogP contribution in [0.25, 0.3) is 0 Å². The molecule has 5 atom stereocenters. The van der Waals surface area contributed by atoms with Crippen molar-refractivity contribution in [3.63, 3.8) is 0 Å². The molecule has 0 radical (unpaired) electrons. The topological polar surface area (TPSA) is 59.5 Å². The smallest absolute Gasteiger partial charge is 0.263 e. The van der Waals surface area contributed by atoms with Gasteiger partial charge in [-0.25, -0.2) is 4.99 Å². The predicted molar refractivity (Wildman–Crippen MR) is 187 cm³/mol. The normalized spacial score (nSPS) is 29.4. The van der Waals surface area contributed by atoms with Crippen LogP contribution in [-0.2, 0) is 15.1 Å². The third kappa shape index (κ3) is 5.47. The van der Waals surface area contributed by atoms with Gasteiger partial charge in [0.1, 0.15) is 16.5 Å². The van der Waals surface area contributed by atoms with Crippen LogP contribution in [0.1, 0.15) is 77.0 Å². The number of rotatable bonds is 7. The summed E-state index contributed by atoms with van der Waals surface area (Å²) in [6, 6.07) is 16.3. The van der Waals surface area contributed by atoms with Crippen molar-refractivity contribution >= 4 is 51.9 Å². The Morgan fingerprint density at radius 2 is 1.61 bits per heavy atom. The highest BCUT2D eigenvalue weighted by molar-refractivity contribution is 8.18. The van der Waals surface area contributed by atoms with Crippen molar-refractivity contribution in [3.05, 3.63) is 80.3 Å². The number of likely N-dealkylation sites (tertiary alicyclic amines) is 2. The highest BCUT2D eigenvalue weighted by atomic mass is 35.5. The molecular weight excluding hydrogens is 637 g/mol. The number of halogens is 2. The van der Waals surface area contributed by atoms with Gasteiger partial charge in [0.15, 0.2) is 5.17 Å². The summed E-state index contributed by atoms with van der Waals surface area (Å²) < 4.78 is 0. The first-order valence-corrected chi connectivity index (χ1v) is 18.2. The first-order valence-electron chi connectivity index (χ1n) is 16.6. The van der Waals surface area contributed by atoms with E-state index in [4.69, 9.17) is 28.2 Å². The Balaban J connectivity index is 1.22. The molecular formula is C36H43Cl2N5O2S. The number of nitrogens with zero attached hydrogens (tertiary/aromatic N) is 5. The quantitative estimate of drug-likeness (QED) is 0.307. The fourth-order valence-corrected chi connectivity index (χ4v) is 9.62. The van der Waals surface area contributed by atoms with E-state index < -0.39 is 11.6 Å². The summed E-state index contributed by atoms with van der Waals surface area (Å²) in [6.07, 6.45) is 5.04. The van der Waals surface area contributed by atoms with Gasteiger partial charge in [0.25, 0.3) is 5.91 Å². The van der Waals surface area contributed by atoms with Crippen LogP contribution >= 0.6 is 35.0 Å². The first-order chi connectivity index (χ1) is 22.0. The molecule has 5 aliphatic rings. The summed E-state index contributed by atoms with van der Waals surface area (Å²) >= 11 is 14.1. The summed E-state index contributed by atoms with van der Waals surface area (Å²) in [4.78, 5) is 43.5. The molecule has 0 N–H and O–H groups in total. The molecule has 2 saturated heterocycles. The van der Waals surface area contributed by atoms with Crippen LogP contribution in [0.2, 0.25) is 10.0 Å². The maximum absolute atomic E-state index is 14.7. The molecule has 4 aliphatic heterocycles.